The summed E-state index contributed by atoms with van der Waals surface area (Å²) < 4.78 is 51.3. The Morgan fingerprint density at radius 1 is 0.865 bits per heavy atom. The van der Waals surface area contributed by atoms with Gasteiger partial charge in [0.1, 0.15) is 23.2 Å². The molecule has 2 fully saturated rings. The Labute approximate surface area is 212 Å². The van der Waals surface area contributed by atoms with Gasteiger partial charge in [-0.2, -0.15) is 23.1 Å². The van der Waals surface area contributed by atoms with Gasteiger partial charge in [-0.1, -0.05) is 6.07 Å². The first-order valence-corrected chi connectivity index (χ1v) is 12.1. The van der Waals surface area contributed by atoms with Crippen LogP contribution >= 0.6 is 0 Å². The van der Waals surface area contributed by atoms with Crippen LogP contribution in [0.25, 0.3) is 0 Å². The van der Waals surface area contributed by atoms with Crippen molar-refractivity contribution in [2.24, 2.45) is 0 Å². The highest BCUT2D eigenvalue weighted by Gasteiger charge is 2.36. The molecule has 2 aliphatic rings. The minimum Gasteiger partial charge on any atom is -0.497 e. The monoisotopic (exact) mass is 515 g/mol. The third kappa shape index (κ3) is 5.79. The fourth-order valence-electron chi connectivity index (χ4n) is 4.44. The van der Waals surface area contributed by atoms with Gasteiger partial charge in [-0.25, -0.2) is 4.98 Å². The number of alkyl halides is 3. The average Bonchev–Trinajstić information content (AvgIpc) is 2.93. The number of nitrogens with zero attached hydrogens (tertiary/aromatic N) is 6. The van der Waals surface area contributed by atoms with Gasteiger partial charge < -0.3 is 29.5 Å². The first-order chi connectivity index (χ1) is 17.9. The van der Waals surface area contributed by atoms with E-state index in [2.05, 4.69) is 20.1 Å². The number of morpholine rings is 1. The summed E-state index contributed by atoms with van der Waals surface area (Å²) in [6.07, 6.45) is -3.06. The third-order valence-corrected chi connectivity index (χ3v) is 6.36. The van der Waals surface area contributed by atoms with Crippen molar-refractivity contribution < 1.29 is 22.6 Å². The zero-order valence-electron chi connectivity index (χ0n) is 20.4. The highest BCUT2D eigenvalue weighted by Crippen LogP contribution is 2.35. The fourth-order valence-corrected chi connectivity index (χ4v) is 4.44. The molecule has 196 valence electrons. The first kappa shape index (κ1) is 24.9. The lowest BCUT2D eigenvalue weighted by atomic mass is 10.2. The predicted octanol–water partition coefficient (Wildman–Crippen LogP) is 3.81. The summed E-state index contributed by atoms with van der Waals surface area (Å²) in [5, 5.41) is 3.26. The smallest absolute Gasteiger partial charge is 0.419 e. The second kappa shape index (κ2) is 10.7. The zero-order valence-corrected chi connectivity index (χ0v) is 20.4. The molecule has 37 heavy (non-hydrogen) atoms. The number of piperazine rings is 1. The summed E-state index contributed by atoms with van der Waals surface area (Å²) in [5.74, 6) is 2.58. The normalized spacial score (nSPS) is 16.6. The summed E-state index contributed by atoms with van der Waals surface area (Å²) in [4.78, 5) is 19.4. The SMILES string of the molecule is COc1cccc(Nc2nc(N3CCOCC3)cc(N3CCN(c4ncccc4C(F)(F)F)CC3)n2)c1. The molecular formula is C25H28F3N7O2. The topological polar surface area (TPSA) is 78.9 Å². The summed E-state index contributed by atoms with van der Waals surface area (Å²) in [6.45, 7) is 4.40. The van der Waals surface area contributed by atoms with Crippen LogP contribution in [-0.2, 0) is 10.9 Å². The number of hydrogen-bond acceptors (Lipinski definition) is 9. The van der Waals surface area contributed by atoms with Gasteiger partial charge in [0.15, 0.2) is 0 Å². The Kier molecular flexibility index (Phi) is 7.17. The number of nitrogens with one attached hydrogen (secondary N) is 1. The van der Waals surface area contributed by atoms with E-state index < -0.39 is 11.7 Å². The Morgan fingerprint density at radius 3 is 2.22 bits per heavy atom. The number of aromatic nitrogens is 3. The summed E-state index contributed by atoms with van der Waals surface area (Å²) in [5.41, 5.74) is 0.0638. The van der Waals surface area contributed by atoms with Crippen molar-refractivity contribution >= 4 is 29.1 Å². The molecule has 0 radical (unpaired) electrons. The van der Waals surface area contributed by atoms with Gasteiger partial charge >= 0.3 is 6.18 Å². The molecule has 1 N–H and O–H groups in total. The van der Waals surface area contributed by atoms with Gasteiger partial charge in [-0.05, 0) is 24.3 Å². The molecule has 0 amide bonds. The molecule has 5 rings (SSSR count). The number of hydrogen-bond donors (Lipinski definition) is 1. The van der Waals surface area contributed by atoms with E-state index in [0.29, 0.717) is 70.0 Å². The molecule has 2 aromatic heterocycles. The van der Waals surface area contributed by atoms with Crippen LogP contribution in [0, 0.1) is 0 Å². The highest BCUT2D eigenvalue weighted by atomic mass is 19.4. The first-order valence-electron chi connectivity index (χ1n) is 12.1. The lowest BCUT2D eigenvalue weighted by Crippen LogP contribution is -2.47. The molecule has 4 heterocycles. The van der Waals surface area contributed by atoms with Crippen molar-refractivity contribution in [3.05, 3.63) is 54.2 Å². The molecule has 0 aliphatic carbocycles. The van der Waals surface area contributed by atoms with Crippen LogP contribution in [0.4, 0.5) is 42.3 Å². The number of methoxy groups -OCH3 is 1. The maximum Gasteiger partial charge on any atom is 0.419 e. The summed E-state index contributed by atoms with van der Waals surface area (Å²) >= 11 is 0. The van der Waals surface area contributed by atoms with Gasteiger partial charge in [0.25, 0.3) is 0 Å². The van der Waals surface area contributed by atoms with Gasteiger partial charge in [0, 0.05) is 63.3 Å². The van der Waals surface area contributed by atoms with Crippen LogP contribution in [0.15, 0.2) is 48.7 Å². The van der Waals surface area contributed by atoms with E-state index in [1.807, 2.05) is 30.3 Å². The largest absolute Gasteiger partial charge is 0.497 e. The molecule has 0 bridgehead atoms. The summed E-state index contributed by atoms with van der Waals surface area (Å²) in [7, 11) is 1.61. The Bertz CT molecular complexity index is 1210. The van der Waals surface area contributed by atoms with Crippen LogP contribution in [0.2, 0.25) is 0 Å². The van der Waals surface area contributed by atoms with Gasteiger partial charge in [-0.15, -0.1) is 0 Å². The average molecular weight is 516 g/mol. The van der Waals surface area contributed by atoms with E-state index in [4.69, 9.17) is 19.4 Å². The minimum atomic E-state index is -4.46. The Morgan fingerprint density at radius 2 is 1.54 bits per heavy atom. The maximum atomic E-state index is 13.5. The molecule has 1 aromatic carbocycles. The van der Waals surface area contributed by atoms with Crippen molar-refractivity contribution in [1.82, 2.24) is 15.0 Å². The number of anilines is 5. The molecule has 0 unspecified atom stereocenters. The quantitative estimate of drug-likeness (QED) is 0.527. The molecule has 0 atom stereocenters. The molecular weight excluding hydrogens is 487 g/mol. The standard InChI is InChI=1S/C25H28F3N7O2/c1-36-19-5-2-4-18(16-19)30-24-31-21(17-22(32-24)34-12-14-37-15-13-34)33-8-10-35(11-9-33)23-20(25(26,27)28)6-3-7-29-23/h2-7,16-17H,8-15H2,1H3,(H,30,31,32). The van der Waals surface area contributed by atoms with Crippen LogP contribution in [0.3, 0.4) is 0 Å². The number of rotatable bonds is 6. The van der Waals surface area contributed by atoms with E-state index in [0.717, 1.165) is 17.6 Å². The fraction of sp³-hybridized carbons (Fsp3) is 0.400. The number of pyridine rings is 1. The number of ether oxygens (including phenoxy) is 2. The Hall–Kier alpha value is -3.80. The Balaban J connectivity index is 1.38. The van der Waals surface area contributed by atoms with Crippen LogP contribution in [-0.4, -0.2) is 74.5 Å². The van der Waals surface area contributed by atoms with Gasteiger partial charge in [-0.3, -0.25) is 0 Å². The van der Waals surface area contributed by atoms with Crippen molar-refractivity contribution in [2.45, 2.75) is 6.18 Å². The highest BCUT2D eigenvalue weighted by molar-refractivity contribution is 5.62. The van der Waals surface area contributed by atoms with Crippen LogP contribution in [0.5, 0.6) is 5.75 Å². The minimum absolute atomic E-state index is 0.0354. The van der Waals surface area contributed by atoms with E-state index in [1.54, 1.807) is 12.0 Å². The lowest BCUT2D eigenvalue weighted by molar-refractivity contribution is -0.137. The molecule has 2 aliphatic heterocycles. The maximum absolute atomic E-state index is 13.5. The second-order valence-electron chi connectivity index (χ2n) is 8.71. The van der Waals surface area contributed by atoms with Gasteiger partial charge in [0.2, 0.25) is 5.95 Å². The van der Waals surface area contributed by atoms with Crippen molar-refractivity contribution in [3.8, 4) is 5.75 Å². The molecule has 0 saturated carbocycles. The van der Waals surface area contributed by atoms with E-state index >= 15 is 0 Å². The van der Waals surface area contributed by atoms with Crippen molar-refractivity contribution in [2.75, 3.05) is 79.6 Å². The predicted molar refractivity (Wildman–Crippen MR) is 135 cm³/mol. The number of halogens is 3. The molecule has 9 nitrogen and oxygen atoms in total. The molecule has 0 spiro atoms. The molecule has 12 heteroatoms. The van der Waals surface area contributed by atoms with E-state index in [9.17, 15) is 13.2 Å². The molecule has 2 saturated heterocycles. The van der Waals surface area contributed by atoms with Crippen LogP contribution in [0.1, 0.15) is 5.56 Å². The summed E-state index contributed by atoms with van der Waals surface area (Å²) in [6, 6.07) is 11.8. The number of benzene rings is 1. The third-order valence-electron chi connectivity index (χ3n) is 6.36. The van der Waals surface area contributed by atoms with Crippen molar-refractivity contribution in [3.63, 3.8) is 0 Å². The molecule has 3 aromatic rings. The van der Waals surface area contributed by atoms with E-state index in [1.165, 1.54) is 12.3 Å². The zero-order chi connectivity index (χ0) is 25.8. The van der Waals surface area contributed by atoms with Crippen LogP contribution < -0.4 is 24.8 Å². The lowest BCUT2D eigenvalue weighted by Gasteiger charge is -2.37. The van der Waals surface area contributed by atoms with E-state index in [-0.39, 0.29) is 5.82 Å². The van der Waals surface area contributed by atoms with Gasteiger partial charge in [0.05, 0.1) is 25.9 Å². The van der Waals surface area contributed by atoms with Crippen molar-refractivity contribution in [1.29, 1.82) is 0 Å². The second-order valence-corrected chi connectivity index (χ2v) is 8.71.